The van der Waals surface area contributed by atoms with Gasteiger partial charge in [0.05, 0.1) is 0 Å². The molecule has 94 valence electrons. The van der Waals surface area contributed by atoms with Crippen molar-refractivity contribution in [3.63, 3.8) is 0 Å². The molecule has 0 fully saturated rings. The summed E-state index contributed by atoms with van der Waals surface area (Å²) in [7, 11) is 0. The minimum absolute atomic E-state index is 0.177. The lowest BCUT2D eigenvalue weighted by molar-refractivity contribution is -0.144. The molecule has 0 saturated heterocycles. The average Bonchev–Trinajstić information content (AvgIpc) is 2.87. The third-order valence-electron chi connectivity index (χ3n) is 2.55. The summed E-state index contributed by atoms with van der Waals surface area (Å²) in [6.45, 7) is 0.360. The van der Waals surface area contributed by atoms with E-state index < -0.39 is 0 Å². The lowest BCUT2D eigenvalue weighted by Gasteiger charge is -2.04. The Kier molecular flexibility index (Phi) is 4.36. The Morgan fingerprint density at radius 2 is 2.17 bits per heavy atom. The molecule has 1 heterocycles. The summed E-state index contributed by atoms with van der Waals surface area (Å²) in [4.78, 5) is 11.5. The minimum atomic E-state index is -0.177. The topological polar surface area (TPSA) is 52.3 Å². The molecule has 0 spiro atoms. The van der Waals surface area contributed by atoms with Crippen LogP contribution in [0.4, 0.5) is 5.69 Å². The molecule has 0 radical (unpaired) electrons. The van der Waals surface area contributed by atoms with Crippen LogP contribution in [0, 0.1) is 0 Å². The Morgan fingerprint density at radius 3 is 2.89 bits per heavy atom. The van der Waals surface area contributed by atoms with Gasteiger partial charge in [-0.2, -0.15) is 11.3 Å². The third-order valence-corrected chi connectivity index (χ3v) is 3.28. The summed E-state index contributed by atoms with van der Waals surface area (Å²) in [6.07, 6.45) is 1.04. The summed E-state index contributed by atoms with van der Waals surface area (Å²) in [5, 5.41) is 3.95. The quantitative estimate of drug-likeness (QED) is 0.665. The first-order valence-electron chi connectivity index (χ1n) is 5.75. The zero-order chi connectivity index (χ0) is 12.8. The van der Waals surface area contributed by atoms with Crippen LogP contribution in [0.3, 0.4) is 0 Å². The van der Waals surface area contributed by atoms with Crippen LogP contribution in [0.1, 0.15) is 17.5 Å². The monoisotopic (exact) mass is 261 g/mol. The predicted molar refractivity (Wildman–Crippen MR) is 73.3 cm³/mol. The molecule has 1 aromatic heterocycles. The zero-order valence-corrected chi connectivity index (χ0v) is 10.8. The molecule has 0 unspecified atom stereocenters. The molecule has 0 aliphatic carbocycles. The van der Waals surface area contributed by atoms with Gasteiger partial charge in [-0.3, -0.25) is 4.79 Å². The van der Waals surface area contributed by atoms with Crippen molar-refractivity contribution in [1.29, 1.82) is 0 Å². The van der Waals surface area contributed by atoms with Gasteiger partial charge in [-0.05, 0) is 40.9 Å². The number of carbonyl (C=O) groups excluding carboxylic acids is 1. The summed E-state index contributed by atoms with van der Waals surface area (Å²) in [5.74, 6) is -0.177. The first-order chi connectivity index (χ1) is 8.74. The second-order valence-electron chi connectivity index (χ2n) is 4.04. The first kappa shape index (κ1) is 12.6. The van der Waals surface area contributed by atoms with E-state index in [9.17, 15) is 4.79 Å². The number of nitrogens with two attached hydrogens (primary N) is 1. The summed E-state index contributed by atoms with van der Waals surface area (Å²) < 4.78 is 5.17. The van der Waals surface area contributed by atoms with Gasteiger partial charge in [0, 0.05) is 17.7 Å². The molecule has 2 rings (SSSR count). The Morgan fingerprint density at radius 1 is 1.28 bits per heavy atom. The van der Waals surface area contributed by atoms with Gasteiger partial charge < -0.3 is 10.5 Å². The Balaban J connectivity index is 1.75. The van der Waals surface area contributed by atoms with Gasteiger partial charge in [0.25, 0.3) is 0 Å². The van der Waals surface area contributed by atoms with E-state index in [0.717, 1.165) is 16.8 Å². The number of nitrogen functional groups attached to an aromatic ring is 1. The van der Waals surface area contributed by atoms with Crippen molar-refractivity contribution in [3.05, 3.63) is 52.2 Å². The van der Waals surface area contributed by atoms with E-state index in [2.05, 4.69) is 0 Å². The number of benzene rings is 1. The van der Waals surface area contributed by atoms with Crippen molar-refractivity contribution >= 4 is 23.0 Å². The van der Waals surface area contributed by atoms with Crippen LogP contribution in [0.15, 0.2) is 41.1 Å². The highest BCUT2D eigenvalue weighted by Crippen LogP contribution is 2.11. The number of rotatable bonds is 5. The lowest BCUT2D eigenvalue weighted by atomic mass is 10.1. The van der Waals surface area contributed by atoms with E-state index in [1.54, 1.807) is 11.3 Å². The van der Waals surface area contributed by atoms with Gasteiger partial charge in [-0.1, -0.05) is 12.1 Å². The highest BCUT2D eigenvalue weighted by Gasteiger charge is 2.04. The fourth-order valence-corrected chi connectivity index (χ4v) is 2.26. The predicted octanol–water partition coefficient (Wildman–Crippen LogP) is 3.01. The number of esters is 1. The molecule has 2 aromatic rings. The Hall–Kier alpha value is -1.81. The number of thiophene rings is 1. The van der Waals surface area contributed by atoms with E-state index in [1.165, 1.54) is 0 Å². The largest absolute Gasteiger partial charge is 0.461 e. The Bertz CT molecular complexity index is 508. The van der Waals surface area contributed by atoms with E-state index in [-0.39, 0.29) is 5.97 Å². The number of aryl methyl sites for hydroxylation is 1. The SMILES string of the molecule is Nc1cccc(CCC(=O)OCc2ccsc2)c1. The first-order valence-corrected chi connectivity index (χ1v) is 6.69. The van der Waals surface area contributed by atoms with Gasteiger partial charge >= 0.3 is 5.97 Å². The number of hydrogen-bond acceptors (Lipinski definition) is 4. The molecule has 3 nitrogen and oxygen atoms in total. The number of ether oxygens (including phenoxy) is 1. The van der Waals surface area contributed by atoms with Crippen molar-refractivity contribution in [1.82, 2.24) is 0 Å². The minimum Gasteiger partial charge on any atom is -0.461 e. The summed E-state index contributed by atoms with van der Waals surface area (Å²) >= 11 is 1.60. The van der Waals surface area contributed by atoms with Gasteiger partial charge in [-0.25, -0.2) is 0 Å². The zero-order valence-electron chi connectivity index (χ0n) is 9.96. The van der Waals surface area contributed by atoms with E-state index in [1.807, 2.05) is 41.1 Å². The maximum Gasteiger partial charge on any atom is 0.306 e. The molecule has 0 saturated carbocycles. The standard InChI is InChI=1S/C14H15NO2S/c15-13-3-1-2-11(8-13)4-5-14(16)17-9-12-6-7-18-10-12/h1-3,6-8,10H,4-5,9,15H2. The summed E-state index contributed by atoms with van der Waals surface area (Å²) in [6, 6.07) is 9.52. The second kappa shape index (κ2) is 6.21. The van der Waals surface area contributed by atoms with E-state index in [0.29, 0.717) is 19.4 Å². The maximum atomic E-state index is 11.5. The van der Waals surface area contributed by atoms with Crippen LogP contribution < -0.4 is 5.73 Å². The molecule has 0 aliphatic rings. The molecule has 4 heteroatoms. The number of anilines is 1. The molecule has 0 aliphatic heterocycles. The summed E-state index contributed by atoms with van der Waals surface area (Å²) in [5.41, 5.74) is 8.49. The van der Waals surface area contributed by atoms with E-state index in [4.69, 9.17) is 10.5 Å². The fraction of sp³-hybridized carbons (Fsp3) is 0.214. The van der Waals surface area contributed by atoms with Crippen molar-refractivity contribution in [2.24, 2.45) is 0 Å². The van der Waals surface area contributed by atoms with Crippen LogP contribution in [-0.4, -0.2) is 5.97 Å². The molecule has 0 bridgehead atoms. The molecule has 0 atom stereocenters. The normalized spacial score (nSPS) is 10.2. The highest BCUT2D eigenvalue weighted by atomic mass is 32.1. The van der Waals surface area contributed by atoms with Gasteiger partial charge in [-0.15, -0.1) is 0 Å². The van der Waals surface area contributed by atoms with Crippen LogP contribution in [-0.2, 0) is 22.6 Å². The van der Waals surface area contributed by atoms with Gasteiger partial charge in [0.2, 0.25) is 0 Å². The van der Waals surface area contributed by atoms with Crippen molar-refractivity contribution in [3.8, 4) is 0 Å². The molecule has 1 aromatic carbocycles. The van der Waals surface area contributed by atoms with Crippen LogP contribution in [0.25, 0.3) is 0 Å². The van der Waals surface area contributed by atoms with Crippen molar-refractivity contribution in [2.45, 2.75) is 19.4 Å². The average molecular weight is 261 g/mol. The Labute approximate surface area is 110 Å². The van der Waals surface area contributed by atoms with E-state index >= 15 is 0 Å². The third kappa shape index (κ3) is 3.89. The molecule has 2 N–H and O–H groups in total. The highest BCUT2D eigenvalue weighted by molar-refractivity contribution is 7.07. The van der Waals surface area contributed by atoms with Gasteiger partial charge in [0.1, 0.15) is 6.61 Å². The number of hydrogen-bond donors (Lipinski definition) is 1. The lowest BCUT2D eigenvalue weighted by Crippen LogP contribution is -2.05. The van der Waals surface area contributed by atoms with Crippen LogP contribution in [0.2, 0.25) is 0 Å². The van der Waals surface area contributed by atoms with Crippen LogP contribution in [0.5, 0.6) is 0 Å². The molecule has 0 amide bonds. The maximum absolute atomic E-state index is 11.5. The number of carbonyl (C=O) groups is 1. The van der Waals surface area contributed by atoms with Crippen molar-refractivity contribution in [2.75, 3.05) is 5.73 Å². The molecular weight excluding hydrogens is 246 g/mol. The fourth-order valence-electron chi connectivity index (χ4n) is 1.61. The van der Waals surface area contributed by atoms with Gasteiger partial charge in [0.15, 0.2) is 0 Å². The molecular formula is C14H15NO2S. The second-order valence-corrected chi connectivity index (χ2v) is 4.82. The van der Waals surface area contributed by atoms with Crippen molar-refractivity contribution < 1.29 is 9.53 Å². The molecule has 18 heavy (non-hydrogen) atoms. The smallest absolute Gasteiger partial charge is 0.306 e. The van der Waals surface area contributed by atoms with Crippen LogP contribution >= 0.6 is 11.3 Å².